The van der Waals surface area contributed by atoms with Gasteiger partial charge in [-0.3, -0.25) is 20.2 Å². The minimum Gasteiger partial charge on any atom is -0.444 e. The fourth-order valence-corrected chi connectivity index (χ4v) is 6.83. The molecule has 10 nitrogen and oxygen atoms in total. The van der Waals surface area contributed by atoms with Crippen LogP contribution in [0.1, 0.15) is 31.9 Å². The van der Waals surface area contributed by atoms with Crippen molar-refractivity contribution >= 4 is 43.5 Å². The number of rotatable bonds is 7. The van der Waals surface area contributed by atoms with Crippen LogP contribution in [0.4, 0.5) is 14.9 Å². The van der Waals surface area contributed by atoms with E-state index in [1.165, 1.54) is 57.2 Å². The van der Waals surface area contributed by atoms with Crippen molar-refractivity contribution in [3.63, 3.8) is 0 Å². The number of alkyl carbamates (subject to hydrolysis) is 1. The van der Waals surface area contributed by atoms with Crippen molar-refractivity contribution in [3.05, 3.63) is 105 Å². The van der Waals surface area contributed by atoms with Gasteiger partial charge in [0.1, 0.15) is 5.60 Å². The number of nitro groups is 1. The summed E-state index contributed by atoms with van der Waals surface area (Å²) < 4.78 is 50.7. The molecule has 0 saturated heterocycles. The normalized spacial score (nSPS) is 18.5. The van der Waals surface area contributed by atoms with Crippen LogP contribution in [-0.4, -0.2) is 36.1 Å². The van der Waals surface area contributed by atoms with Gasteiger partial charge in [-0.1, -0.05) is 60.7 Å². The second-order valence-electron chi connectivity index (χ2n) is 10.0. The van der Waals surface area contributed by atoms with E-state index >= 15 is 4.39 Å². The molecule has 0 saturated carbocycles. The number of nitrogens with zero attached hydrogens (tertiary/aromatic N) is 2. The van der Waals surface area contributed by atoms with Gasteiger partial charge in [-0.15, -0.1) is 4.39 Å². The van der Waals surface area contributed by atoms with E-state index in [1.54, 1.807) is 30.3 Å². The van der Waals surface area contributed by atoms with Gasteiger partial charge in [-0.05, 0) is 60.5 Å². The Balaban J connectivity index is 2.07. The standard InChI is InChI=1S/C27H25BrFN3O7S/c1-25(2,3)39-24(34)30-26(27(29,32(35)36)40(37,38)19-13-8-5-9-14-19)20-15-10-16-21(28)22(20)31(23(26)33)17-18-11-6-4-7-12-18/h4-16H,17H2,1-3H3,(H,30,34)/t26-,27?/m0/s1. The Morgan fingerprint density at radius 1 is 1.05 bits per heavy atom. The number of hydrogen-bond donors (Lipinski definition) is 1. The van der Waals surface area contributed by atoms with Crippen molar-refractivity contribution in [2.24, 2.45) is 0 Å². The van der Waals surface area contributed by atoms with Gasteiger partial charge in [0, 0.05) is 10.0 Å². The fourth-order valence-electron chi connectivity index (χ4n) is 4.57. The van der Waals surface area contributed by atoms with E-state index in [4.69, 9.17) is 4.74 Å². The molecule has 0 radical (unpaired) electrons. The zero-order chi connectivity index (χ0) is 29.5. The van der Waals surface area contributed by atoms with Crippen LogP contribution in [0.3, 0.4) is 0 Å². The number of para-hydroxylation sites is 1. The van der Waals surface area contributed by atoms with Crippen LogP contribution in [0.5, 0.6) is 0 Å². The molecule has 3 aromatic rings. The lowest BCUT2D eigenvalue weighted by atomic mass is 9.89. The quantitative estimate of drug-likeness (QED) is 0.217. The third-order valence-corrected chi connectivity index (χ3v) is 8.91. The Morgan fingerprint density at radius 3 is 2.17 bits per heavy atom. The predicted octanol–water partition coefficient (Wildman–Crippen LogP) is 5.09. The summed E-state index contributed by atoms with van der Waals surface area (Å²) in [5.41, 5.74) is -4.49. The molecule has 4 rings (SSSR count). The van der Waals surface area contributed by atoms with Gasteiger partial charge in [-0.2, -0.15) is 0 Å². The second-order valence-corrected chi connectivity index (χ2v) is 12.9. The molecule has 2 atom stereocenters. The minimum absolute atomic E-state index is 0.0421. The van der Waals surface area contributed by atoms with Gasteiger partial charge >= 0.3 is 11.2 Å². The number of ether oxygens (including phenoxy) is 1. The summed E-state index contributed by atoms with van der Waals surface area (Å²) in [5.74, 6) is -1.37. The number of sulfone groups is 1. The van der Waals surface area contributed by atoms with E-state index in [-0.39, 0.29) is 16.7 Å². The van der Waals surface area contributed by atoms with E-state index in [0.717, 1.165) is 17.0 Å². The highest BCUT2D eigenvalue weighted by molar-refractivity contribution is 9.10. The third-order valence-electron chi connectivity index (χ3n) is 6.21. The van der Waals surface area contributed by atoms with E-state index in [0.29, 0.717) is 5.56 Å². The molecule has 0 fully saturated rings. The summed E-state index contributed by atoms with van der Waals surface area (Å²) in [7, 11) is -5.61. The summed E-state index contributed by atoms with van der Waals surface area (Å²) in [6.07, 6.45) is -1.43. The molecule has 40 heavy (non-hydrogen) atoms. The number of benzene rings is 3. The lowest BCUT2D eigenvalue weighted by molar-refractivity contribution is -0.585. The molecule has 1 N–H and O–H groups in total. The van der Waals surface area contributed by atoms with Crippen LogP contribution < -0.4 is 10.2 Å². The Kier molecular flexibility index (Phi) is 7.50. The zero-order valence-electron chi connectivity index (χ0n) is 21.6. The minimum atomic E-state index is -5.61. The Bertz CT molecular complexity index is 1580. The molecule has 1 unspecified atom stereocenters. The summed E-state index contributed by atoms with van der Waals surface area (Å²) >= 11 is 3.31. The van der Waals surface area contributed by atoms with E-state index in [1.807, 2.05) is 5.32 Å². The summed E-state index contributed by atoms with van der Waals surface area (Å²) in [5, 5.41) is 10.1. The number of carbonyl (C=O) groups excluding carboxylic acids is 2. The fraction of sp³-hybridized carbons (Fsp3) is 0.259. The molecule has 0 spiro atoms. The highest BCUT2D eigenvalue weighted by Crippen LogP contribution is 2.54. The van der Waals surface area contributed by atoms with Crippen molar-refractivity contribution in [1.29, 1.82) is 0 Å². The number of hydrogen-bond acceptors (Lipinski definition) is 7. The maximum atomic E-state index is 17.5. The van der Waals surface area contributed by atoms with Crippen LogP contribution in [0.25, 0.3) is 0 Å². The maximum absolute atomic E-state index is 17.5. The molecule has 3 aromatic carbocycles. The lowest BCUT2D eigenvalue weighted by Crippen LogP contribution is -2.70. The van der Waals surface area contributed by atoms with E-state index < -0.39 is 53.5 Å². The molecule has 0 bridgehead atoms. The van der Waals surface area contributed by atoms with Gasteiger partial charge in [0.25, 0.3) is 21.3 Å². The topological polar surface area (TPSA) is 136 Å². The maximum Gasteiger partial charge on any atom is 0.499 e. The van der Waals surface area contributed by atoms with Crippen LogP contribution >= 0.6 is 15.9 Å². The van der Waals surface area contributed by atoms with Crippen molar-refractivity contribution in [3.8, 4) is 0 Å². The monoisotopic (exact) mass is 633 g/mol. The number of carbonyl (C=O) groups is 2. The number of amides is 2. The average Bonchev–Trinajstić information content (AvgIpc) is 3.12. The first-order valence-corrected chi connectivity index (χ1v) is 14.2. The van der Waals surface area contributed by atoms with Crippen molar-refractivity contribution < 1.29 is 32.1 Å². The van der Waals surface area contributed by atoms with Gasteiger partial charge < -0.3 is 9.64 Å². The highest BCUT2D eigenvalue weighted by atomic mass is 79.9. The molecule has 1 aliphatic rings. The van der Waals surface area contributed by atoms with Crippen molar-refractivity contribution in [2.45, 2.75) is 48.5 Å². The van der Waals surface area contributed by atoms with Crippen LogP contribution in [0.15, 0.2) is 88.2 Å². The first kappa shape index (κ1) is 29.2. The summed E-state index contributed by atoms with van der Waals surface area (Å²) in [6, 6.07) is 18.4. The molecule has 2 amide bonds. The molecular formula is C27H25BrFN3O7S. The zero-order valence-corrected chi connectivity index (χ0v) is 24.0. The first-order chi connectivity index (χ1) is 18.7. The molecule has 0 aromatic heterocycles. The molecule has 1 heterocycles. The number of halogens is 2. The van der Waals surface area contributed by atoms with Gasteiger partial charge in [0.15, 0.2) is 0 Å². The summed E-state index contributed by atoms with van der Waals surface area (Å²) in [4.78, 5) is 38.8. The average molecular weight is 634 g/mol. The van der Waals surface area contributed by atoms with Crippen LogP contribution in [0.2, 0.25) is 0 Å². The van der Waals surface area contributed by atoms with Crippen LogP contribution in [-0.2, 0) is 31.5 Å². The molecule has 1 aliphatic heterocycles. The Labute approximate surface area is 238 Å². The largest absolute Gasteiger partial charge is 0.499 e. The third kappa shape index (κ3) is 4.62. The van der Waals surface area contributed by atoms with E-state index in [9.17, 15) is 28.1 Å². The summed E-state index contributed by atoms with van der Waals surface area (Å²) in [6.45, 7) is 4.24. The Hall–Kier alpha value is -3.84. The van der Waals surface area contributed by atoms with Gasteiger partial charge in [0.2, 0.25) is 0 Å². The smallest absolute Gasteiger partial charge is 0.444 e. The molecule has 210 valence electrons. The van der Waals surface area contributed by atoms with Crippen molar-refractivity contribution in [1.82, 2.24) is 5.32 Å². The van der Waals surface area contributed by atoms with Gasteiger partial charge in [0.05, 0.1) is 22.1 Å². The number of fused-ring (bicyclic) bond motifs is 1. The molecular weight excluding hydrogens is 609 g/mol. The van der Waals surface area contributed by atoms with Crippen molar-refractivity contribution in [2.75, 3.05) is 4.90 Å². The Morgan fingerprint density at radius 2 is 1.62 bits per heavy atom. The number of alkyl halides is 1. The predicted molar refractivity (Wildman–Crippen MR) is 147 cm³/mol. The SMILES string of the molecule is CC(C)(C)OC(=O)N[C@]1(C(F)([N+](=O)[O-])S(=O)(=O)c2ccccc2)C(=O)N(Cc2ccccc2)c2c(Br)cccc21. The lowest BCUT2D eigenvalue weighted by Gasteiger charge is -2.35. The van der Waals surface area contributed by atoms with Gasteiger partial charge in [-0.25, -0.2) is 13.2 Å². The second kappa shape index (κ2) is 10.3. The molecule has 13 heteroatoms. The van der Waals surface area contributed by atoms with Crippen LogP contribution in [0, 0.1) is 10.1 Å². The van der Waals surface area contributed by atoms with E-state index in [2.05, 4.69) is 15.9 Å². The number of nitrogens with one attached hydrogen (secondary N) is 1. The highest BCUT2D eigenvalue weighted by Gasteiger charge is 2.81. The molecule has 0 aliphatic carbocycles. The first-order valence-electron chi connectivity index (χ1n) is 12.0. The number of anilines is 1.